The minimum absolute atomic E-state index is 0.0714. The number of hydrazone groups is 1. The molecule has 7 heteroatoms. The van der Waals surface area contributed by atoms with Crippen LogP contribution in [0.4, 0.5) is 10.1 Å². The van der Waals surface area contributed by atoms with Crippen LogP contribution < -0.4 is 22.0 Å². The van der Waals surface area contributed by atoms with Crippen LogP contribution in [0, 0.1) is 11.7 Å². The topological polar surface area (TPSA) is 82.9 Å². The molecule has 1 aromatic rings. The largest absolute Gasteiger partial charge is 0.382 e. The van der Waals surface area contributed by atoms with Crippen molar-refractivity contribution in [3.63, 3.8) is 0 Å². The second-order valence-electron chi connectivity index (χ2n) is 7.02. The van der Waals surface area contributed by atoms with Gasteiger partial charge in [0.05, 0.1) is 11.3 Å². The first-order chi connectivity index (χ1) is 12.0. The standard InChI is InChI=1S/C18H31FN6/c1-4-5-24-6-8-25(9-7-24)16-12-14(10-13(2)3)11-15(19)17(16)18(20)22-23-21/h11-13,23H,4-10,21H2,1-3H3,(H2,20,22). The smallest absolute Gasteiger partial charge is 0.157 e. The van der Waals surface area contributed by atoms with E-state index >= 15 is 0 Å². The zero-order chi connectivity index (χ0) is 18.4. The molecular weight excluding hydrogens is 319 g/mol. The van der Waals surface area contributed by atoms with Gasteiger partial charge in [0.25, 0.3) is 0 Å². The van der Waals surface area contributed by atoms with Crippen LogP contribution in [0.3, 0.4) is 0 Å². The molecule has 0 aromatic heterocycles. The molecule has 1 aliphatic rings. The van der Waals surface area contributed by atoms with Crippen molar-refractivity contribution in [3.05, 3.63) is 29.1 Å². The Kier molecular flexibility index (Phi) is 7.01. The van der Waals surface area contributed by atoms with Crippen molar-refractivity contribution < 1.29 is 4.39 Å². The lowest BCUT2D eigenvalue weighted by molar-refractivity contribution is 0.258. The first-order valence-corrected chi connectivity index (χ1v) is 9.05. The predicted molar refractivity (Wildman–Crippen MR) is 102 cm³/mol. The summed E-state index contributed by atoms with van der Waals surface area (Å²) in [6.45, 7) is 11.2. The van der Waals surface area contributed by atoms with Gasteiger partial charge in [-0.05, 0) is 43.0 Å². The molecule has 0 aliphatic carbocycles. The van der Waals surface area contributed by atoms with Gasteiger partial charge in [-0.2, -0.15) is 0 Å². The molecule has 25 heavy (non-hydrogen) atoms. The van der Waals surface area contributed by atoms with Crippen LogP contribution in [0.5, 0.6) is 0 Å². The minimum atomic E-state index is -0.347. The Bertz CT molecular complexity index is 593. The Morgan fingerprint density at radius 2 is 1.96 bits per heavy atom. The zero-order valence-corrected chi connectivity index (χ0v) is 15.6. The van der Waals surface area contributed by atoms with Crippen molar-refractivity contribution in [3.8, 4) is 0 Å². The summed E-state index contributed by atoms with van der Waals surface area (Å²) in [5.41, 5.74) is 10.3. The number of nitrogens with one attached hydrogen (secondary N) is 1. The van der Waals surface area contributed by atoms with Crippen LogP contribution in [0.15, 0.2) is 17.2 Å². The van der Waals surface area contributed by atoms with Crippen LogP contribution in [0.1, 0.15) is 38.3 Å². The number of nitrogens with zero attached hydrogens (tertiary/aromatic N) is 3. The maximum atomic E-state index is 14.8. The van der Waals surface area contributed by atoms with E-state index in [0.717, 1.165) is 56.8 Å². The lowest BCUT2D eigenvalue weighted by Gasteiger charge is -2.37. The Morgan fingerprint density at radius 3 is 2.52 bits per heavy atom. The van der Waals surface area contributed by atoms with Gasteiger partial charge in [-0.25, -0.2) is 15.8 Å². The number of hydrogen-bond acceptors (Lipinski definition) is 5. The van der Waals surface area contributed by atoms with E-state index in [0.29, 0.717) is 11.5 Å². The molecule has 140 valence electrons. The Hall–Kier alpha value is -1.86. The van der Waals surface area contributed by atoms with Crippen molar-refractivity contribution in [2.24, 2.45) is 22.6 Å². The molecule has 6 nitrogen and oxygen atoms in total. The van der Waals surface area contributed by atoms with Gasteiger partial charge in [0.1, 0.15) is 5.82 Å². The second kappa shape index (κ2) is 9.01. The number of nitrogens with two attached hydrogens (primary N) is 2. The van der Waals surface area contributed by atoms with E-state index in [1.807, 2.05) is 6.07 Å². The molecule has 0 radical (unpaired) electrons. The highest BCUT2D eigenvalue weighted by molar-refractivity contribution is 6.02. The average molecular weight is 350 g/mol. The van der Waals surface area contributed by atoms with Crippen molar-refractivity contribution >= 4 is 11.5 Å². The molecule has 0 spiro atoms. The van der Waals surface area contributed by atoms with Crippen LogP contribution in [-0.2, 0) is 6.42 Å². The average Bonchev–Trinajstić information content (AvgIpc) is 2.55. The lowest BCUT2D eigenvalue weighted by atomic mass is 9.98. The molecule has 2 rings (SSSR count). The van der Waals surface area contributed by atoms with Gasteiger partial charge in [-0.1, -0.05) is 20.8 Å². The Labute approximate surface area is 150 Å². The third kappa shape index (κ3) is 5.06. The fourth-order valence-electron chi connectivity index (χ4n) is 3.39. The SMILES string of the molecule is CCCN1CCN(c2cc(CC(C)C)cc(F)c2/C(N)=N/NN)CC1. The van der Waals surface area contributed by atoms with Gasteiger partial charge in [0, 0.05) is 26.2 Å². The summed E-state index contributed by atoms with van der Waals surface area (Å²) in [4.78, 5) is 4.64. The van der Waals surface area contributed by atoms with Gasteiger partial charge >= 0.3 is 0 Å². The molecule has 0 unspecified atom stereocenters. The molecule has 1 aliphatic heterocycles. The Balaban J connectivity index is 2.35. The number of rotatable bonds is 7. The van der Waals surface area contributed by atoms with E-state index in [1.54, 1.807) is 6.07 Å². The number of hydrazine groups is 1. The monoisotopic (exact) mass is 350 g/mol. The third-order valence-electron chi connectivity index (χ3n) is 4.47. The molecule has 0 amide bonds. The molecule has 0 atom stereocenters. The van der Waals surface area contributed by atoms with Gasteiger partial charge in [0.2, 0.25) is 0 Å². The molecule has 1 heterocycles. The highest BCUT2D eigenvalue weighted by Crippen LogP contribution is 2.28. The molecule has 0 saturated carbocycles. The zero-order valence-electron chi connectivity index (χ0n) is 15.6. The van der Waals surface area contributed by atoms with Crippen molar-refractivity contribution in [2.75, 3.05) is 37.6 Å². The van der Waals surface area contributed by atoms with Crippen LogP contribution in [0.2, 0.25) is 0 Å². The number of benzene rings is 1. The van der Waals surface area contributed by atoms with E-state index in [2.05, 4.69) is 41.2 Å². The number of amidine groups is 1. The van der Waals surface area contributed by atoms with E-state index in [1.165, 1.54) is 0 Å². The van der Waals surface area contributed by atoms with Gasteiger partial charge in [-0.3, -0.25) is 4.90 Å². The maximum Gasteiger partial charge on any atom is 0.157 e. The second-order valence-corrected chi connectivity index (χ2v) is 7.02. The molecule has 1 saturated heterocycles. The highest BCUT2D eigenvalue weighted by Gasteiger charge is 2.23. The van der Waals surface area contributed by atoms with Crippen LogP contribution in [0.25, 0.3) is 0 Å². The maximum absolute atomic E-state index is 14.8. The lowest BCUT2D eigenvalue weighted by Crippen LogP contribution is -2.47. The summed E-state index contributed by atoms with van der Waals surface area (Å²) >= 11 is 0. The number of halogens is 1. The van der Waals surface area contributed by atoms with Crippen LogP contribution >= 0.6 is 0 Å². The van der Waals surface area contributed by atoms with Crippen molar-refractivity contribution in [2.45, 2.75) is 33.6 Å². The van der Waals surface area contributed by atoms with E-state index in [4.69, 9.17) is 11.6 Å². The Morgan fingerprint density at radius 1 is 1.28 bits per heavy atom. The quantitative estimate of drug-likeness (QED) is 0.301. The summed E-state index contributed by atoms with van der Waals surface area (Å²) < 4.78 is 14.8. The summed E-state index contributed by atoms with van der Waals surface area (Å²) in [6, 6.07) is 3.61. The number of hydrogen-bond donors (Lipinski definition) is 3. The normalized spacial score (nSPS) is 16.6. The van der Waals surface area contributed by atoms with E-state index < -0.39 is 0 Å². The highest BCUT2D eigenvalue weighted by atomic mass is 19.1. The molecule has 5 N–H and O–H groups in total. The minimum Gasteiger partial charge on any atom is -0.382 e. The van der Waals surface area contributed by atoms with Crippen molar-refractivity contribution in [1.29, 1.82) is 0 Å². The number of anilines is 1. The summed E-state index contributed by atoms with van der Waals surface area (Å²) in [5.74, 6) is 5.41. The van der Waals surface area contributed by atoms with E-state index in [-0.39, 0.29) is 11.7 Å². The molecular formula is C18H31FN6. The fourth-order valence-corrected chi connectivity index (χ4v) is 3.39. The fraction of sp³-hybridized carbons (Fsp3) is 0.611. The van der Waals surface area contributed by atoms with Crippen LogP contribution in [-0.4, -0.2) is 43.5 Å². The van der Waals surface area contributed by atoms with E-state index in [9.17, 15) is 4.39 Å². The molecule has 0 bridgehead atoms. The predicted octanol–water partition coefficient (Wildman–Crippen LogP) is 1.64. The summed E-state index contributed by atoms with van der Waals surface area (Å²) in [7, 11) is 0. The summed E-state index contributed by atoms with van der Waals surface area (Å²) in [5, 5.41) is 3.79. The molecule has 1 fully saturated rings. The third-order valence-corrected chi connectivity index (χ3v) is 4.47. The van der Waals surface area contributed by atoms with Gasteiger partial charge in [0.15, 0.2) is 5.84 Å². The van der Waals surface area contributed by atoms with Gasteiger partial charge < -0.3 is 10.6 Å². The van der Waals surface area contributed by atoms with Crippen molar-refractivity contribution in [1.82, 2.24) is 10.4 Å². The number of piperazine rings is 1. The first kappa shape index (κ1) is 19.5. The summed E-state index contributed by atoms with van der Waals surface area (Å²) in [6.07, 6.45) is 1.97. The first-order valence-electron chi connectivity index (χ1n) is 9.05. The van der Waals surface area contributed by atoms with Gasteiger partial charge in [-0.15, -0.1) is 5.10 Å². The molecule has 1 aromatic carbocycles.